The van der Waals surface area contributed by atoms with Gasteiger partial charge < -0.3 is 14.4 Å². The third kappa shape index (κ3) is 2.02. The monoisotopic (exact) mass is 271 g/mol. The zero-order valence-corrected chi connectivity index (χ0v) is 11.5. The molecule has 1 aliphatic rings. The van der Waals surface area contributed by atoms with Gasteiger partial charge in [0.1, 0.15) is 0 Å². The Balaban J connectivity index is 2.07. The molecule has 0 saturated carbocycles. The van der Waals surface area contributed by atoms with Crippen LogP contribution < -0.4 is 4.90 Å². The topological polar surface area (TPSA) is 53.7 Å². The van der Waals surface area contributed by atoms with E-state index >= 15 is 0 Å². The number of furan rings is 1. The molecule has 1 aliphatic heterocycles. The van der Waals surface area contributed by atoms with Crippen LogP contribution in [-0.2, 0) is 0 Å². The summed E-state index contributed by atoms with van der Waals surface area (Å²) in [6.45, 7) is 3.91. The van der Waals surface area contributed by atoms with E-state index < -0.39 is 6.10 Å². The Hall–Kier alpha value is -2.07. The zero-order chi connectivity index (χ0) is 14.3. The van der Waals surface area contributed by atoms with Gasteiger partial charge in [0.25, 0.3) is 5.91 Å². The molecule has 4 heteroatoms. The molecule has 104 valence electrons. The van der Waals surface area contributed by atoms with Crippen molar-refractivity contribution in [3.63, 3.8) is 0 Å². The largest absolute Gasteiger partial charge is 0.459 e. The summed E-state index contributed by atoms with van der Waals surface area (Å²) in [5, 5.41) is 10.2. The van der Waals surface area contributed by atoms with E-state index in [2.05, 4.69) is 0 Å². The first-order chi connectivity index (χ1) is 9.58. The number of benzene rings is 1. The first-order valence-corrected chi connectivity index (χ1v) is 6.73. The van der Waals surface area contributed by atoms with E-state index in [1.54, 1.807) is 17.0 Å². The van der Waals surface area contributed by atoms with Gasteiger partial charge in [-0.2, -0.15) is 0 Å². The average molecular weight is 271 g/mol. The fraction of sp³-hybridized carbons (Fsp3) is 0.312. The minimum atomic E-state index is -0.527. The molecule has 0 spiro atoms. The number of hydrogen-bond donors (Lipinski definition) is 1. The third-order valence-electron chi connectivity index (χ3n) is 3.76. The van der Waals surface area contributed by atoms with Crippen molar-refractivity contribution in [3.8, 4) is 0 Å². The van der Waals surface area contributed by atoms with E-state index in [-0.39, 0.29) is 11.9 Å². The molecule has 3 rings (SSSR count). The Morgan fingerprint density at radius 3 is 2.90 bits per heavy atom. The summed E-state index contributed by atoms with van der Waals surface area (Å²) in [7, 11) is 0. The van der Waals surface area contributed by atoms with Crippen LogP contribution in [0.25, 0.3) is 0 Å². The molecule has 0 bridgehead atoms. The van der Waals surface area contributed by atoms with Crippen molar-refractivity contribution in [3.05, 3.63) is 53.5 Å². The Morgan fingerprint density at radius 1 is 1.40 bits per heavy atom. The summed E-state index contributed by atoms with van der Waals surface area (Å²) in [4.78, 5) is 14.3. The van der Waals surface area contributed by atoms with E-state index in [9.17, 15) is 9.90 Å². The summed E-state index contributed by atoms with van der Waals surface area (Å²) in [6, 6.07) is 9.07. The predicted molar refractivity (Wildman–Crippen MR) is 75.7 cm³/mol. The highest BCUT2D eigenvalue weighted by atomic mass is 16.3. The lowest BCUT2D eigenvalue weighted by Gasteiger charge is -2.37. The maximum absolute atomic E-state index is 12.6. The molecule has 1 amide bonds. The number of anilines is 1. The minimum absolute atomic E-state index is 0.0715. The number of rotatable bonds is 1. The van der Waals surface area contributed by atoms with Crippen molar-refractivity contribution in [1.29, 1.82) is 0 Å². The molecule has 1 aromatic heterocycles. The molecular formula is C16H17NO3. The molecule has 2 atom stereocenters. The normalized spacial score (nSPS) is 21.6. The van der Waals surface area contributed by atoms with Crippen molar-refractivity contribution in [2.75, 3.05) is 4.90 Å². The van der Waals surface area contributed by atoms with Crippen LogP contribution in [0.3, 0.4) is 0 Å². The maximum atomic E-state index is 12.6. The van der Waals surface area contributed by atoms with Crippen LogP contribution in [0, 0.1) is 6.92 Å². The number of aliphatic hydroxyl groups is 1. The number of amides is 1. The Morgan fingerprint density at radius 2 is 2.20 bits per heavy atom. The number of hydrogen-bond acceptors (Lipinski definition) is 3. The van der Waals surface area contributed by atoms with Gasteiger partial charge in [0.15, 0.2) is 5.76 Å². The molecular weight excluding hydrogens is 254 g/mol. The average Bonchev–Trinajstić information content (AvgIpc) is 2.93. The van der Waals surface area contributed by atoms with E-state index in [1.807, 2.05) is 32.0 Å². The highest BCUT2D eigenvalue weighted by molar-refractivity contribution is 6.05. The predicted octanol–water partition coefficient (Wildman–Crippen LogP) is 3.06. The second-order valence-corrected chi connectivity index (χ2v) is 5.32. The smallest absolute Gasteiger partial charge is 0.294 e. The molecule has 2 heterocycles. The molecule has 20 heavy (non-hydrogen) atoms. The van der Waals surface area contributed by atoms with Gasteiger partial charge in [-0.05, 0) is 38.5 Å². The quantitative estimate of drug-likeness (QED) is 0.867. The Kier molecular flexibility index (Phi) is 3.10. The van der Waals surface area contributed by atoms with Crippen molar-refractivity contribution >= 4 is 11.6 Å². The van der Waals surface area contributed by atoms with Gasteiger partial charge in [-0.15, -0.1) is 0 Å². The minimum Gasteiger partial charge on any atom is -0.459 e. The number of carbonyl (C=O) groups excluding carboxylic acids is 1. The molecule has 0 radical (unpaired) electrons. The van der Waals surface area contributed by atoms with Gasteiger partial charge in [-0.1, -0.05) is 17.7 Å². The van der Waals surface area contributed by atoms with Crippen LogP contribution in [0.1, 0.15) is 41.1 Å². The van der Waals surface area contributed by atoms with Crippen molar-refractivity contribution in [2.24, 2.45) is 0 Å². The SMILES string of the molecule is Cc1ccc2c(c1)[C@@H](O)C[C@@H](C)N2C(=O)c1ccco1. The van der Waals surface area contributed by atoms with E-state index in [1.165, 1.54) is 6.26 Å². The molecule has 1 aromatic carbocycles. The van der Waals surface area contributed by atoms with Crippen LogP contribution in [0.15, 0.2) is 41.0 Å². The number of fused-ring (bicyclic) bond motifs is 1. The molecule has 0 fully saturated rings. The first-order valence-electron chi connectivity index (χ1n) is 6.73. The summed E-state index contributed by atoms with van der Waals surface area (Å²) in [6.07, 6.45) is 1.50. The van der Waals surface area contributed by atoms with Gasteiger partial charge >= 0.3 is 0 Å². The maximum Gasteiger partial charge on any atom is 0.294 e. The second-order valence-electron chi connectivity index (χ2n) is 5.32. The highest BCUT2D eigenvalue weighted by Gasteiger charge is 2.34. The molecule has 4 nitrogen and oxygen atoms in total. The molecule has 0 unspecified atom stereocenters. The van der Waals surface area contributed by atoms with Gasteiger partial charge in [-0.3, -0.25) is 4.79 Å². The number of aryl methyl sites for hydroxylation is 1. The second kappa shape index (κ2) is 4.80. The standard InChI is InChI=1S/C16H17NO3/c1-10-5-6-13-12(8-10)14(18)9-11(2)17(13)16(19)15-4-3-7-20-15/h3-8,11,14,18H,9H2,1-2H3/t11-,14+/m1/s1. The van der Waals surface area contributed by atoms with Crippen LogP contribution in [0.2, 0.25) is 0 Å². The highest BCUT2D eigenvalue weighted by Crippen LogP contribution is 2.38. The fourth-order valence-corrected chi connectivity index (χ4v) is 2.78. The van der Waals surface area contributed by atoms with E-state index in [0.717, 1.165) is 16.8 Å². The summed E-state index contributed by atoms with van der Waals surface area (Å²) < 4.78 is 5.21. The number of nitrogens with zero attached hydrogens (tertiary/aromatic N) is 1. The number of aliphatic hydroxyl groups excluding tert-OH is 1. The van der Waals surface area contributed by atoms with E-state index in [0.29, 0.717) is 12.2 Å². The lowest BCUT2D eigenvalue weighted by Crippen LogP contribution is -2.43. The van der Waals surface area contributed by atoms with Crippen LogP contribution in [0.4, 0.5) is 5.69 Å². The Bertz CT molecular complexity index is 633. The molecule has 0 aliphatic carbocycles. The molecule has 1 N–H and O–H groups in total. The van der Waals surface area contributed by atoms with E-state index in [4.69, 9.17) is 4.42 Å². The van der Waals surface area contributed by atoms with Crippen molar-refractivity contribution in [1.82, 2.24) is 0 Å². The lowest BCUT2D eigenvalue weighted by atomic mass is 9.92. The third-order valence-corrected chi connectivity index (χ3v) is 3.76. The van der Waals surface area contributed by atoms with Crippen molar-refractivity contribution < 1.29 is 14.3 Å². The molecule has 0 saturated heterocycles. The van der Waals surface area contributed by atoms with Gasteiger partial charge in [0.2, 0.25) is 0 Å². The summed E-state index contributed by atoms with van der Waals surface area (Å²) >= 11 is 0. The molecule has 2 aromatic rings. The number of carbonyl (C=O) groups is 1. The summed E-state index contributed by atoms with van der Waals surface area (Å²) in [5.41, 5.74) is 2.65. The van der Waals surface area contributed by atoms with Crippen LogP contribution in [0.5, 0.6) is 0 Å². The van der Waals surface area contributed by atoms with Crippen molar-refractivity contribution in [2.45, 2.75) is 32.4 Å². The van der Waals surface area contributed by atoms with Gasteiger partial charge in [-0.25, -0.2) is 0 Å². The zero-order valence-electron chi connectivity index (χ0n) is 11.5. The van der Waals surface area contributed by atoms with Crippen LogP contribution in [-0.4, -0.2) is 17.1 Å². The van der Waals surface area contributed by atoms with Gasteiger partial charge in [0.05, 0.1) is 18.1 Å². The lowest BCUT2D eigenvalue weighted by molar-refractivity contribution is 0.0922. The Labute approximate surface area is 117 Å². The fourth-order valence-electron chi connectivity index (χ4n) is 2.78. The van der Waals surface area contributed by atoms with Crippen LogP contribution >= 0.6 is 0 Å². The van der Waals surface area contributed by atoms with Gasteiger partial charge in [0, 0.05) is 11.6 Å². The first kappa shape index (κ1) is 12.9. The summed E-state index contributed by atoms with van der Waals surface area (Å²) in [5.74, 6) is 0.152.